The number of fused-ring (bicyclic) bond motifs is 6. The normalized spacial score (nSPS) is 13.7. The fourth-order valence-corrected chi connectivity index (χ4v) is 11.0. The molecule has 0 saturated carbocycles. The zero-order chi connectivity index (χ0) is 43.7. The van der Waals surface area contributed by atoms with E-state index in [9.17, 15) is 0 Å². The molecule has 0 saturated heterocycles. The summed E-state index contributed by atoms with van der Waals surface area (Å²) < 4.78 is 0. The molecule has 2 heteroatoms. The average Bonchev–Trinajstić information content (AvgIpc) is 3.70. The summed E-state index contributed by atoms with van der Waals surface area (Å²) >= 11 is 0. The van der Waals surface area contributed by atoms with Crippen molar-refractivity contribution in [1.29, 1.82) is 0 Å². The van der Waals surface area contributed by atoms with Gasteiger partial charge in [-0.25, -0.2) is 0 Å². The molecule has 2 aliphatic rings. The molecule has 9 aromatic carbocycles. The standard InChI is InChI=1S/C62H52N2/c1-41-37-52(64(48-25-17-10-18-26-48)50-33-29-46(30-34-50)44-21-13-8-14-22-44)39-56-58(41)54-40-57-59(42(2)60(54)62(56,5)6)53-36-35-51(38-55(53)61(57,3)4)63(47-23-15-9-16-24-47)49-31-27-45(28-32-49)43-19-11-7-12-20-43/h7-40H,1-6H3. The number of nitrogens with zero attached hydrogens (tertiary/aromatic N) is 2. The summed E-state index contributed by atoms with van der Waals surface area (Å²) in [6.45, 7) is 14.4. The molecule has 0 N–H and O–H groups in total. The Labute approximate surface area is 378 Å². The Balaban J connectivity index is 0.998. The van der Waals surface area contributed by atoms with Gasteiger partial charge in [0, 0.05) is 45.0 Å². The van der Waals surface area contributed by atoms with Crippen molar-refractivity contribution in [3.8, 4) is 44.5 Å². The van der Waals surface area contributed by atoms with Crippen LogP contribution in [0.5, 0.6) is 0 Å². The summed E-state index contributed by atoms with van der Waals surface area (Å²) in [7, 11) is 0. The molecule has 0 heterocycles. The second kappa shape index (κ2) is 15.1. The first-order chi connectivity index (χ1) is 31.1. The van der Waals surface area contributed by atoms with Gasteiger partial charge in [0.2, 0.25) is 0 Å². The van der Waals surface area contributed by atoms with Crippen molar-refractivity contribution in [2.75, 3.05) is 9.80 Å². The van der Waals surface area contributed by atoms with E-state index in [1.54, 1.807) is 0 Å². The highest BCUT2D eigenvalue weighted by molar-refractivity contribution is 5.95. The van der Waals surface area contributed by atoms with Crippen LogP contribution in [0, 0.1) is 13.8 Å². The van der Waals surface area contributed by atoms with E-state index in [-0.39, 0.29) is 10.8 Å². The third kappa shape index (κ3) is 6.31. The van der Waals surface area contributed by atoms with Crippen LogP contribution in [0.25, 0.3) is 44.5 Å². The van der Waals surface area contributed by atoms with E-state index in [2.05, 4.69) is 258 Å². The topological polar surface area (TPSA) is 6.48 Å². The van der Waals surface area contributed by atoms with Crippen LogP contribution in [0.3, 0.4) is 0 Å². The van der Waals surface area contributed by atoms with Crippen LogP contribution < -0.4 is 9.80 Å². The number of rotatable bonds is 8. The first kappa shape index (κ1) is 39.4. The van der Waals surface area contributed by atoms with E-state index in [4.69, 9.17) is 0 Å². The largest absolute Gasteiger partial charge is 0.310 e. The second-order valence-electron chi connectivity index (χ2n) is 18.7. The molecule has 0 atom stereocenters. The Bertz CT molecular complexity index is 3180. The molecule has 0 radical (unpaired) electrons. The Morgan fingerprint density at radius 1 is 0.312 bits per heavy atom. The quantitative estimate of drug-likeness (QED) is 0.151. The monoisotopic (exact) mass is 824 g/mol. The zero-order valence-corrected chi connectivity index (χ0v) is 37.5. The number of anilines is 6. The van der Waals surface area contributed by atoms with E-state index in [0.29, 0.717) is 0 Å². The van der Waals surface area contributed by atoms with Gasteiger partial charge in [-0.3, -0.25) is 0 Å². The first-order valence-electron chi connectivity index (χ1n) is 22.6. The molecular formula is C62H52N2. The maximum atomic E-state index is 2.56. The van der Waals surface area contributed by atoms with E-state index in [0.717, 1.165) is 28.4 Å². The number of para-hydroxylation sites is 2. The minimum atomic E-state index is -0.215. The lowest BCUT2D eigenvalue weighted by Crippen LogP contribution is -2.19. The Kier molecular flexibility index (Phi) is 9.33. The van der Waals surface area contributed by atoms with Crippen LogP contribution in [0.15, 0.2) is 206 Å². The van der Waals surface area contributed by atoms with Crippen molar-refractivity contribution >= 4 is 34.1 Å². The molecule has 0 fully saturated rings. The van der Waals surface area contributed by atoms with Gasteiger partial charge in [0.05, 0.1) is 0 Å². The molecule has 0 aromatic heterocycles. The fourth-order valence-electron chi connectivity index (χ4n) is 11.0. The van der Waals surface area contributed by atoms with Crippen molar-refractivity contribution in [3.63, 3.8) is 0 Å². The molecule has 0 amide bonds. The van der Waals surface area contributed by atoms with Crippen LogP contribution in [0.1, 0.15) is 61.1 Å². The van der Waals surface area contributed by atoms with Gasteiger partial charge in [0.25, 0.3) is 0 Å². The summed E-state index contributed by atoms with van der Waals surface area (Å²) in [5.41, 5.74) is 25.1. The van der Waals surface area contributed by atoms with Crippen molar-refractivity contribution in [3.05, 3.63) is 240 Å². The molecule has 2 nitrogen and oxygen atoms in total. The number of aryl methyl sites for hydroxylation is 1. The molecule has 9 aromatic rings. The molecule has 11 rings (SSSR count). The van der Waals surface area contributed by atoms with E-state index in [1.807, 2.05) is 0 Å². The Morgan fingerprint density at radius 2 is 0.719 bits per heavy atom. The smallest absolute Gasteiger partial charge is 0.0467 e. The van der Waals surface area contributed by atoms with Gasteiger partial charge >= 0.3 is 0 Å². The summed E-state index contributed by atoms with van der Waals surface area (Å²) in [5.74, 6) is 0. The maximum absolute atomic E-state index is 2.56. The van der Waals surface area contributed by atoms with Crippen molar-refractivity contribution in [2.24, 2.45) is 0 Å². The van der Waals surface area contributed by atoms with Crippen LogP contribution >= 0.6 is 0 Å². The van der Waals surface area contributed by atoms with Crippen molar-refractivity contribution < 1.29 is 0 Å². The van der Waals surface area contributed by atoms with E-state index < -0.39 is 0 Å². The SMILES string of the molecule is Cc1cc(N(c2ccccc2)c2ccc(-c3ccccc3)cc2)cc2c1-c1cc3c(c(C)c1C2(C)C)-c1ccc(N(c2ccccc2)c2ccc(-c4ccccc4)cc2)cc1C3(C)C. The highest BCUT2D eigenvalue weighted by Gasteiger charge is 2.44. The third-order valence-electron chi connectivity index (χ3n) is 14.1. The maximum Gasteiger partial charge on any atom is 0.0467 e. The van der Waals surface area contributed by atoms with E-state index >= 15 is 0 Å². The van der Waals surface area contributed by atoms with E-state index in [1.165, 1.54) is 83.6 Å². The molecule has 0 bridgehead atoms. The second-order valence-corrected chi connectivity index (χ2v) is 18.7. The Hall–Kier alpha value is -7.42. The van der Waals surface area contributed by atoms with Gasteiger partial charge < -0.3 is 9.80 Å². The molecule has 0 aliphatic heterocycles. The molecule has 64 heavy (non-hydrogen) atoms. The van der Waals surface area contributed by atoms with Crippen LogP contribution in [0.4, 0.5) is 34.1 Å². The van der Waals surface area contributed by atoms with Crippen molar-refractivity contribution in [2.45, 2.75) is 52.4 Å². The van der Waals surface area contributed by atoms with Crippen LogP contribution in [-0.4, -0.2) is 0 Å². The predicted octanol–water partition coefficient (Wildman–Crippen LogP) is 17.2. The van der Waals surface area contributed by atoms with Gasteiger partial charge in [0.1, 0.15) is 0 Å². The lowest BCUT2D eigenvalue weighted by Gasteiger charge is -2.29. The molecular weight excluding hydrogens is 773 g/mol. The predicted molar refractivity (Wildman–Crippen MR) is 271 cm³/mol. The fraction of sp³-hybridized carbons (Fsp3) is 0.129. The summed E-state index contributed by atoms with van der Waals surface area (Å²) in [4.78, 5) is 4.82. The minimum Gasteiger partial charge on any atom is -0.310 e. The Morgan fingerprint density at radius 3 is 1.23 bits per heavy atom. The average molecular weight is 825 g/mol. The lowest BCUT2D eigenvalue weighted by molar-refractivity contribution is 0.648. The highest BCUT2D eigenvalue weighted by Crippen LogP contribution is 2.60. The zero-order valence-electron chi connectivity index (χ0n) is 37.5. The summed E-state index contributed by atoms with van der Waals surface area (Å²) in [5, 5.41) is 0. The van der Waals surface area contributed by atoms with Crippen molar-refractivity contribution in [1.82, 2.24) is 0 Å². The highest BCUT2D eigenvalue weighted by atomic mass is 15.1. The van der Waals surface area contributed by atoms with Gasteiger partial charge in [0.15, 0.2) is 0 Å². The number of hydrogen-bond donors (Lipinski definition) is 0. The minimum absolute atomic E-state index is 0.212. The first-order valence-corrected chi connectivity index (χ1v) is 22.6. The van der Waals surface area contributed by atoms with Gasteiger partial charge in [-0.2, -0.15) is 0 Å². The molecule has 2 aliphatic carbocycles. The third-order valence-corrected chi connectivity index (χ3v) is 14.1. The van der Waals surface area contributed by atoms with Crippen LogP contribution in [0.2, 0.25) is 0 Å². The van der Waals surface area contributed by atoms with Gasteiger partial charge in [-0.1, -0.05) is 155 Å². The molecule has 0 unspecified atom stereocenters. The summed E-state index contributed by atoms with van der Waals surface area (Å²) in [6.07, 6.45) is 0. The molecule has 0 spiro atoms. The van der Waals surface area contributed by atoms with Crippen LogP contribution in [-0.2, 0) is 10.8 Å². The number of benzene rings is 9. The lowest BCUT2D eigenvalue weighted by atomic mass is 9.76. The summed E-state index contributed by atoms with van der Waals surface area (Å²) in [6, 6.07) is 75.5. The molecule has 310 valence electrons. The van der Waals surface area contributed by atoms with Gasteiger partial charge in [-0.15, -0.1) is 0 Å². The number of hydrogen-bond acceptors (Lipinski definition) is 2. The van der Waals surface area contributed by atoms with Gasteiger partial charge in [-0.05, 0) is 171 Å².